The average molecular weight is 302 g/mol. The lowest BCUT2D eigenvalue weighted by Gasteiger charge is -2.06. The molecule has 0 aliphatic rings. The SMILES string of the molecule is COc1cccc(OCCc2nc(C(C)C)c(C#N)s2)c1. The summed E-state index contributed by atoms with van der Waals surface area (Å²) in [7, 11) is 1.63. The molecule has 21 heavy (non-hydrogen) atoms. The highest BCUT2D eigenvalue weighted by molar-refractivity contribution is 7.12. The molecule has 0 N–H and O–H groups in total. The zero-order valence-corrected chi connectivity index (χ0v) is 13.2. The minimum absolute atomic E-state index is 0.268. The molecule has 0 fully saturated rings. The van der Waals surface area contributed by atoms with Gasteiger partial charge in [-0.15, -0.1) is 11.3 Å². The molecule has 0 atom stereocenters. The van der Waals surface area contributed by atoms with Crippen molar-refractivity contribution in [2.24, 2.45) is 0 Å². The Morgan fingerprint density at radius 3 is 2.71 bits per heavy atom. The second-order valence-corrected chi connectivity index (χ2v) is 5.95. The van der Waals surface area contributed by atoms with E-state index in [1.165, 1.54) is 11.3 Å². The third-order valence-corrected chi connectivity index (χ3v) is 4.01. The lowest BCUT2D eigenvalue weighted by Crippen LogP contribution is -2.01. The van der Waals surface area contributed by atoms with Gasteiger partial charge in [0.2, 0.25) is 0 Å². The Labute approximate surface area is 129 Å². The van der Waals surface area contributed by atoms with Crippen LogP contribution in [-0.2, 0) is 6.42 Å². The van der Waals surface area contributed by atoms with Gasteiger partial charge in [0.25, 0.3) is 0 Å². The van der Waals surface area contributed by atoms with Gasteiger partial charge in [-0.25, -0.2) is 4.98 Å². The minimum Gasteiger partial charge on any atom is -0.497 e. The van der Waals surface area contributed by atoms with Gasteiger partial charge in [-0.3, -0.25) is 0 Å². The van der Waals surface area contributed by atoms with Crippen molar-refractivity contribution in [1.29, 1.82) is 5.26 Å². The molecular weight excluding hydrogens is 284 g/mol. The summed E-state index contributed by atoms with van der Waals surface area (Å²) < 4.78 is 10.9. The molecule has 1 aromatic carbocycles. The molecule has 1 aromatic heterocycles. The van der Waals surface area contributed by atoms with Crippen molar-refractivity contribution in [3.05, 3.63) is 39.8 Å². The molecule has 0 saturated carbocycles. The summed E-state index contributed by atoms with van der Waals surface area (Å²) in [6, 6.07) is 9.73. The second-order valence-electron chi connectivity index (χ2n) is 4.87. The first kappa shape index (κ1) is 15.3. The van der Waals surface area contributed by atoms with Crippen LogP contribution in [0.2, 0.25) is 0 Å². The van der Waals surface area contributed by atoms with Crippen molar-refractivity contribution in [2.75, 3.05) is 13.7 Å². The first-order valence-electron chi connectivity index (χ1n) is 6.80. The number of ether oxygens (including phenoxy) is 2. The number of hydrogen-bond donors (Lipinski definition) is 0. The van der Waals surface area contributed by atoms with Gasteiger partial charge in [-0.05, 0) is 18.1 Å². The van der Waals surface area contributed by atoms with Crippen molar-refractivity contribution < 1.29 is 9.47 Å². The molecule has 0 spiro atoms. The fraction of sp³-hybridized carbons (Fsp3) is 0.375. The van der Waals surface area contributed by atoms with E-state index in [1.54, 1.807) is 7.11 Å². The van der Waals surface area contributed by atoms with Crippen molar-refractivity contribution in [3.63, 3.8) is 0 Å². The summed E-state index contributed by atoms with van der Waals surface area (Å²) >= 11 is 1.45. The average Bonchev–Trinajstić information content (AvgIpc) is 2.91. The van der Waals surface area contributed by atoms with Crippen LogP contribution in [0.1, 0.15) is 35.3 Å². The number of nitriles is 1. The van der Waals surface area contributed by atoms with Crippen LogP contribution in [0.15, 0.2) is 24.3 Å². The van der Waals surface area contributed by atoms with E-state index >= 15 is 0 Å². The van der Waals surface area contributed by atoms with Crippen LogP contribution in [0.25, 0.3) is 0 Å². The Hall–Kier alpha value is -2.06. The zero-order chi connectivity index (χ0) is 15.2. The topological polar surface area (TPSA) is 55.1 Å². The molecule has 0 aliphatic heterocycles. The molecule has 5 heteroatoms. The van der Waals surface area contributed by atoms with Gasteiger partial charge in [-0.2, -0.15) is 5.26 Å². The number of methoxy groups -OCH3 is 1. The Bertz CT molecular complexity index is 644. The molecule has 2 rings (SSSR count). The number of nitrogens with zero attached hydrogens (tertiary/aromatic N) is 2. The molecule has 0 aliphatic carbocycles. The molecule has 4 nitrogen and oxygen atoms in total. The molecule has 0 unspecified atom stereocenters. The molecular formula is C16H18N2O2S. The summed E-state index contributed by atoms with van der Waals surface area (Å²) in [5, 5.41) is 10.1. The van der Waals surface area contributed by atoms with E-state index in [4.69, 9.17) is 14.7 Å². The maximum atomic E-state index is 9.12. The number of thiazole rings is 1. The molecule has 0 saturated heterocycles. The van der Waals surface area contributed by atoms with Gasteiger partial charge in [-0.1, -0.05) is 19.9 Å². The van der Waals surface area contributed by atoms with Gasteiger partial charge in [0.05, 0.1) is 24.4 Å². The number of benzene rings is 1. The summed E-state index contributed by atoms with van der Waals surface area (Å²) in [4.78, 5) is 5.25. The highest BCUT2D eigenvalue weighted by Crippen LogP contribution is 2.25. The lowest BCUT2D eigenvalue weighted by atomic mass is 10.1. The van der Waals surface area contributed by atoms with Gasteiger partial charge in [0, 0.05) is 12.5 Å². The molecule has 1 heterocycles. The standard InChI is InChI=1S/C16H18N2O2S/c1-11(2)16-14(10-17)21-15(18-16)7-8-20-13-6-4-5-12(9-13)19-3/h4-6,9,11H,7-8H2,1-3H3. The van der Waals surface area contributed by atoms with Gasteiger partial charge in [0.15, 0.2) is 0 Å². The highest BCUT2D eigenvalue weighted by Gasteiger charge is 2.13. The summed E-state index contributed by atoms with van der Waals surface area (Å²) in [5.74, 6) is 1.81. The summed E-state index contributed by atoms with van der Waals surface area (Å²) in [6.45, 7) is 4.63. The second kappa shape index (κ2) is 7.09. The monoisotopic (exact) mass is 302 g/mol. The lowest BCUT2D eigenvalue weighted by molar-refractivity contribution is 0.318. The van der Waals surface area contributed by atoms with Gasteiger partial charge in [0.1, 0.15) is 22.4 Å². The van der Waals surface area contributed by atoms with Crippen LogP contribution >= 0.6 is 11.3 Å². The van der Waals surface area contributed by atoms with Crippen LogP contribution in [0, 0.1) is 11.3 Å². The predicted molar refractivity (Wildman–Crippen MR) is 83.1 cm³/mol. The third-order valence-electron chi connectivity index (χ3n) is 2.97. The highest BCUT2D eigenvalue weighted by atomic mass is 32.1. The maximum Gasteiger partial charge on any atom is 0.128 e. The van der Waals surface area contributed by atoms with Crippen LogP contribution in [0.3, 0.4) is 0 Å². The van der Waals surface area contributed by atoms with Crippen LogP contribution in [0.5, 0.6) is 11.5 Å². The Kier molecular flexibility index (Phi) is 5.18. The van der Waals surface area contributed by atoms with E-state index in [0.717, 1.165) is 22.2 Å². The fourth-order valence-corrected chi connectivity index (χ4v) is 2.90. The summed E-state index contributed by atoms with van der Waals surface area (Å²) in [5.41, 5.74) is 0.888. The first-order chi connectivity index (χ1) is 10.1. The van der Waals surface area contributed by atoms with Gasteiger partial charge >= 0.3 is 0 Å². The van der Waals surface area contributed by atoms with Gasteiger partial charge < -0.3 is 9.47 Å². The quantitative estimate of drug-likeness (QED) is 0.815. The normalized spacial score (nSPS) is 10.4. The Morgan fingerprint density at radius 1 is 1.33 bits per heavy atom. The smallest absolute Gasteiger partial charge is 0.128 e. The first-order valence-corrected chi connectivity index (χ1v) is 7.62. The van der Waals surface area contributed by atoms with E-state index < -0.39 is 0 Å². The molecule has 110 valence electrons. The van der Waals surface area contributed by atoms with E-state index in [-0.39, 0.29) is 5.92 Å². The van der Waals surface area contributed by atoms with Crippen molar-refractivity contribution in [2.45, 2.75) is 26.2 Å². The van der Waals surface area contributed by atoms with Crippen LogP contribution in [-0.4, -0.2) is 18.7 Å². The molecule has 0 radical (unpaired) electrons. The van der Waals surface area contributed by atoms with Crippen molar-refractivity contribution in [3.8, 4) is 17.6 Å². The summed E-state index contributed by atoms with van der Waals surface area (Å²) in [6.07, 6.45) is 0.698. The predicted octanol–water partition coefficient (Wildman–Crippen LogP) is 3.77. The van der Waals surface area contributed by atoms with E-state index in [0.29, 0.717) is 17.9 Å². The zero-order valence-electron chi connectivity index (χ0n) is 12.4. The Morgan fingerprint density at radius 2 is 2.10 bits per heavy atom. The molecule has 2 aromatic rings. The number of aromatic nitrogens is 1. The molecule has 0 amide bonds. The van der Waals surface area contributed by atoms with Crippen LogP contribution in [0.4, 0.5) is 0 Å². The van der Waals surface area contributed by atoms with Crippen LogP contribution < -0.4 is 9.47 Å². The van der Waals surface area contributed by atoms with E-state index in [1.807, 2.05) is 38.1 Å². The number of hydrogen-bond acceptors (Lipinski definition) is 5. The third kappa shape index (κ3) is 3.96. The van der Waals surface area contributed by atoms with E-state index in [9.17, 15) is 0 Å². The maximum absolute atomic E-state index is 9.12. The molecule has 0 bridgehead atoms. The van der Waals surface area contributed by atoms with Crippen molar-refractivity contribution >= 4 is 11.3 Å². The largest absolute Gasteiger partial charge is 0.497 e. The van der Waals surface area contributed by atoms with E-state index in [2.05, 4.69) is 11.1 Å². The number of rotatable bonds is 6. The van der Waals surface area contributed by atoms with Crippen molar-refractivity contribution in [1.82, 2.24) is 4.98 Å². The minimum atomic E-state index is 0.268. The fourth-order valence-electron chi connectivity index (χ4n) is 1.90. The Balaban J connectivity index is 1.96.